The van der Waals surface area contributed by atoms with Gasteiger partial charge in [-0.3, -0.25) is 0 Å². The molecule has 0 atom stereocenters. The molecule has 10 heteroatoms. The molecule has 1 aromatic heterocycles. The summed E-state index contributed by atoms with van der Waals surface area (Å²) < 4.78 is 38.1. The summed E-state index contributed by atoms with van der Waals surface area (Å²) >= 11 is 0. The molecule has 0 unspecified atom stereocenters. The molecule has 0 radical (unpaired) electrons. The lowest BCUT2D eigenvalue weighted by atomic mass is 9.80. The van der Waals surface area contributed by atoms with Crippen LogP contribution in [0.4, 0.5) is 10.4 Å². The number of carboxylic acid groups (broad SMARTS) is 1. The van der Waals surface area contributed by atoms with Gasteiger partial charge in [0.05, 0.1) is 13.2 Å². The Kier molecular flexibility index (Phi) is 7.60. The van der Waals surface area contributed by atoms with Crippen molar-refractivity contribution in [2.45, 2.75) is 64.1 Å². The number of oxazole rings is 1. The van der Waals surface area contributed by atoms with Crippen molar-refractivity contribution in [2.75, 3.05) is 31.2 Å². The fourth-order valence-corrected chi connectivity index (χ4v) is 5.07. The van der Waals surface area contributed by atoms with Crippen molar-refractivity contribution >= 4 is 23.1 Å². The Hall–Kier alpha value is -3.53. The van der Waals surface area contributed by atoms with Crippen LogP contribution in [0.3, 0.4) is 0 Å². The topological polar surface area (TPSA) is 106 Å². The molecule has 0 spiro atoms. The zero-order chi connectivity index (χ0) is 26.7. The Balaban J connectivity index is 1.47. The minimum atomic E-state index is -1.17. The van der Waals surface area contributed by atoms with Gasteiger partial charge in [-0.15, -0.1) is 0 Å². The maximum Gasteiger partial charge on any atom is 0.348 e. The van der Waals surface area contributed by atoms with Crippen LogP contribution in [0.5, 0.6) is 17.2 Å². The van der Waals surface area contributed by atoms with Crippen molar-refractivity contribution in [3.05, 3.63) is 41.7 Å². The second kappa shape index (κ2) is 11.1. The van der Waals surface area contributed by atoms with Crippen LogP contribution in [0.1, 0.15) is 51.5 Å². The van der Waals surface area contributed by atoms with Crippen LogP contribution in [0.2, 0.25) is 0 Å². The second-order valence-corrected chi connectivity index (χ2v) is 9.76. The van der Waals surface area contributed by atoms with Gasteiger partial charge in [-0.05, 0) is 88.9 Å². The summed E-state index contributed by atoms with van der Waals surface area (Å²) in [5, 5.41) is 13.0. The predicted molar refractivity (Wildman–Crippen MR) is 140 cm³/mol. The van der Waals surface area contributed by atoms with E-state index in [2.05, 4.69) is 10.2 Å². The highest BCUT2D eigenvalue weighted by Gasteiger charge is 2.47. The van der Waals surface area contributed by atoms with E-state index in [1.165, 1.54) is 0 Å². The summed E-state index contributed by atoms with van der Waals surface area (Å²) in [6, 6.07) is 9.21. The summed E-state index contributed by atoms with van der Waals surface area (Å²) in [5.41, 5.74) is 0.811. The number of hydrogen-bond donors (Lipinski definition) is 2. The molecular formula is C28H34FN3O6. The fraction of sp³-hybridized carbons (Fsp3) is 0.500. The number of ether oxygens (including phenoxy) is 3. The highest BCUT2D eigenvalue weighted by molar-refractivity contribution is 5.80. The van der Waals surface area contributed by atoms with E-state index in [0.717, 1.165) is 37.9 Å². The van der Waals surface area contributed by atoms with E-state index < -0.39 is 17.4 Å². The molecule has 2 N–H and O–H groups in total. The normalized spacial score (nSPS) is 17.1. The minimum Gasteiger partial charge on any atom is -0.491 e. The number of rotatable bonds is 11. The van der Waals surface area contributed by atoms with Crippen LogP contribution in [0.25, 0.3) is 11.1 Å². The van der Waals surface area contributed by atoms with Crippen molar-refractivity contribution < 1.29 is 32.9 Å². The van der Waals surface area contributed by atoms with Crippen molar-refractivity contribution in [2.24, 2.45) is 0 Å². The Bertz CT molecular complexity index is 1260. The van der Waals surface area contributed by atoms with Gasteiger partial charge in [-0.25, -0.2) is 4.79 Å². The number of aromatic nitrogens is 1. The number of benzene rings is 2. The molecule has 2 aliphatic rings. The molecule has 38 heavy (non-hydrogen) atoms. The molecule has 2 heterocycles. The molecule has 1 saturated heterocycles. The van der Waals surface area contributed by atoms with E-state index in [0.29, 0.717) is 55.5 Å². The summed E-state index contributed by atoms with van der Waals surface area (Å²) in [6.07, 6.45) is 3.59. The zero-order valence-electron chi connectivity index (χ0n) is 21.8. The van der Waals surface area contributed by atoms with Gasteiger partial charge in [-0.2, -0.15) is 9.37 Å². The molecule has 0 bridgehead atoms. The van der Waals surface area contributed by atoms with Crippen molar-refractivity contribution in [3.63, 3.8) is 0 Å². The first kappa shape index (κ1) is 26.1. The number of carboxylic acids is 1. The fourth-order valence-electron chi connectivity index (χ4n) is 5.07. The maximum atomic E-state index is 14.9. The molecule has 1 aliphatic heterocycles. The summed E-state index contributed by atoms with van der Waals surface area (Å²) in [7, 11) is 0. The van der Waals surface area contributed by atoms with E-state index in [4.69, 9.17) is 23.6 Å². The Morgan fingerprint density at radius 1 is 1.16 bits per heavy atom. The molecule has 9 nitrogen and oxygen atoms in total. The quantitative estimate of drug-likeness (QED) is 0.360. The molecule has 1 aliphatic carbocycles. The van der Waals surface area contributed by atoms with Gasteiger partial charge in [0.1, 0.15) is 11.3 Å². The Morgan fingerprint density at radius 2 is 1.84 bits per heavy atom. The molecule has 2 fully saturated rings. The summed E-state index contributed by atoms with van der Waals surface area (Å²) in [4.78, 5) is 18.6. The number of fused-ring (bicyclic) bond motifs is 1. The minimum absolute atomic E-state index is 0.154. The molecule has 5 rings (SSSR count). The number of nitrogens with zero attached hydrogens (tertiary/aromatic N) is 2. The number of halogens is 1. The third kappa shape index (κ3) is 5.22. The van der Waals surface area contributed by atoms with E-state index in [1.807, 2.05) is 13.8 Å². The van der Waals surface area contributed by atoms with Crippen LogP contribution in [-0.2, 0) is 11.3 Å². The molecular weight excluding hydrogens is 493 g/mol. The van der Waals surface area contributed by atoms with E-state index >= 15 is 0 Å². The van der Waals surface area contributed by atoms with Gasteiger partial charge in [0, 0.05) is 18.7 Å². The van der Waals surface area contributed by atoms with Gasteiger partial charge in [0.15, 0.2) is 17.1 Å². The first-order valence-electron chi connectivity index (χ1n) is 13.3. The summed E-state index contributed by atoms with van der Waals surface area (Å²) in [5.74, 6) is -0.693. The number of piperidine rings is 1. The van der Waals surface area contributed by atoms with Crippen LogP contribution < -0.4 is 24.4 Å². The molecule has 204 valence electrons. The lowest BCUT2D eigenvalue weighted by molar-refractivity contribution is -0.163. The largest absolute Gasteiger partial charge is 0.491 e. The number of hydrogen-bond acceptors (Lipinski definition) is 8. The van der Waals surface area contributed by atoms with Gasteiger partial charge >= 0.3 is 5.97 Å². The number of anilines is 1. The van der Waals surface area contributed by atoms with Crippen molar-refractivity contribution in [1.29, 1.82) is 0 Å². The number of nitrogens with one attached hydrogen (secondary N) is 1. The lowest BCUT2D eigenvalue weighted by Gasteiger charge is -2.37. The third-order valence-electron chi connectivity index (χ3n) is 7.23. The van der Waals surface area contributed by atoms with Crippen molar-refractivity contribution in [1.82, 2.24) is 10.3 Å². The monoisotopic (exact) mass is 527 g/mol. The average molecular weight is 528 g/mol. The van der Waals surface area contributed by atoms with Crippen LogP contribution in [-0.4, -0.2) is 54.0 Å². The van der Waals surface area contributed by atoms with Gasteiger partial charge in [0.25, 0.3) is 6.01 Å². The van der Waals surface area contributed by atoms with E-state index in [1.54, 1.807) is 30.3 Å². The molecule has 2 aromatic carbocycles. The van der Waals surface area contributed by atoms with E-state index in [-0.39, 0.29) is 17.5 Å². The standard InChI is InChI=1S/C28H34FN3O6/c1-3-35-23-14-18(15-24(25(23)29)36-4-2)17-32(19-8-12-30-13-9-19)27-31-21-16-20(6-7-22(21)37-27)38-28(26(33)34)10-5-11-28/h6-7,14-16,19,30H,3-5,8-13,17H2,1-2H3,(H,33,34). The highest BCUT2D eigenvalue weighted by Crippen LogP contribution is 2.38. The smallest absolute Gasteiger partial charge is 0.348 e. The average Bonchev–Trinajstić information content (AvgIpc) is 3.31. The van der Waals surface area contributed by atoms with Gasteiger partial charge in [0.2, 0.25) is 11.4 Å². The van der Waals surface area contributed by atoms with Crippen LogP contribution in [0.15, 0.2) is 34.7 Å². The van der Waals surface area contributed by atoms with Gasteiger partial charge < -0.3 is 34.0 Å². The number of aliphatic carboxylic acids is 1. The lowest BCUT2D eigenvalue weighted by Crippen LogP contribution is -2.50. The predicted octanol–water partition coefficient (Wildman–Crippen LogP) is 4.91. The molecule has 3 aromatic rings. The zero-order valence-corrected chi connectivity index (χ0v) is 21.8. The Morgan fingerprint density at radius 3 is 2.42 bits per heavy atom. The highest BCUT2D eigenvalue weighted by atomic mass is 19.1. The SMILES string of the molecule is CCOc1cc(CN(c2nc3cc(OC4(C(=O)O)CCC4)ccc3o2)C2CCNCC2)cc(OCC)c1F. The van der Waals surface area contributed by atoms with Crippen LogP contribution >= 0.6 is 0 Å². The second-order valence-electron chi connectivity index (χ2n) is 9.76. The first-order chi connectivity index (χ1) is 18.4. The van der Waals surface area contributed by atoms with Crippen molar-refractivity contribution in [3.8, 4) is 17.2 Å². The van der Waals surface area contributed by atoms with Crippen LogP contribution in [0, 0.1) is 5.82 Å². The third-order valence-corrected chi connectivity index (χ3v) is 7.23. The molecule has 1 saturated carbocycles. The Labute approximate surface area is 220 Å². The van der Waals surface area contributed by atoms with E-state index in [9.17, 15) is 14.3 Å². The summed E-state index contributed by atoms with van der Waals surface area (Å²) in [6.45, 7) is 6.46. The maximum absolute atomic E-state index is 14.9. The number of carbonyl (C=O) groups is 1. The first-order valence-corrected chi connectivity index (χ1v) is 13.3. The van der Waals surface area contributed by atoms with Gasteiger partial charge in [-0.1, -0.05) is 0 Å². The molecule has 0 amide bonds.